The van der Waals surface area contributed by atoms with E-state index in [1.54, 1.807) is 0 Å². The second-order valence-corrected chi connectivity index (χ2v) is 5.66. The first-order chi connectivity index (χ1) is 9.02. The monoisotopic (exact) mass is 270 g/mol. The van der Waals surface area contributed by atoms with Crippen LogP contribution in [-0.4, -0.2) is 29.7 Å². The van der Waals surface area contributed by atoms with E-state index in [9.17, 15) is 9.59 Å². The summed E-state index contributed by atoms with van der Waals surface area (Å²) < 4.78 is 0. The number of carboxylic acids is 1. The van der Waals surface area contributed by atoms with Crippen molar-refractivity contribution >= 4 is 12.0 Å². The van der Waals surface area contributed by atoms with Crippen LogP contribution in [0.25, 0.3) is 0 Å². The zero-order chi connectivity index (χ0) is 14.3. The number of carboxylic acid groups (broad SMARTS) is 1. The molecule has 0 radical (unpaired) electrons. The van der Waals surface area contributed by atoms with E-state index < -0.39 is 12.0 Å². The van der Waals surface area contributed by atoms with Gasteiger partial charge in [-0.1, -0.05) is 33.1 Å². The van der Waals surface area contributed by atoms with Crippen LogP contribution in [-0.2, 0) is 4.79 Å². The van der Waals surface area contributed by atoms with Crippen molar-refractivity contribution in [3.05, 3.63) is 0 Å². The predicted molar refractivity (Wildman–Crippen MR) is 74.0 cm³/mol. The van der Waals surface area contributed by atoms with E-state index >= 15 is 0 Å². The summed E-state index contributed by atoms with van der Waals surface area (Å²) in [7, 11) is 0. The van der Waals surface area contributed by atoms with Gasteiger partial charge in [-0.05, 0) is 31.1 Å². The third-order valence-corrected chi connectivity index (χ3v) is 3.87. The Bertz CT molecular complexity index is 299. The van der Waals surface area contributed by atoms with Crippen molar-refractivity contribution in [1.82, 2.24) is 10.6 Å². The number of carbonyl (C=O) groups is 2. The number of aliphatic carboxylic acids is 1. The van der Waals surface area contributed by atoms with Gasteiger partial charge in [-0.25, -0.2) is 9.59 Å². The molecule has 0 saturated heterocycles. The lowest BCUT2D eigenvalue weighted by Crippen LogP contribution is -2.47. The van der Waals surface area contributed by atoms with Gasteiger partial charge in [-0.2, -0.15) is 0 Å². The number of carbonyl (C=O) groups excluding carboxylic acids is 1. The average Bonchev–Trinajstić information content (AvgIpc) is 2.37. The van der Waals surface area contributed by atoms with Gasteiger partial charge in [0.2, 0.25) is 0 Å². The number of hydrogen-bond donors (Lipinski definition) is 3. The minimum Gasteiger partial charge on any atom is -0.480 e. The fourth-order valence-corrected chi connectivity index (χ4v) is 2.53. The van der Waals surface area contributed by atoms with E-state index in [2.05, 4.69) is 17.6 Å². The Kier molecular flexibility index (Phi) is 6.67. The quantitative estimate of drug-likeness (QED) is 0.693. The maximum Gasteiger partial charge on any atom is 0.326 e. The minimum absolute atomic E-state index is 0.362. The normalized spacial score (nSPS) is 24.5. The highest BCUT2D eigenvalue weighted by Gasteiger charge is 2.21. The van der Waals surface area contributed by atoms with Crippen molar-refractivity contribution in [3.63, 3.8) is 0 Å². The molecule has 19 heavy (non-hydrogen) atoms. The molecule has 0 aliphatic heterocycles. The molecular weight excluding hydrogens is 244 g/mol. The smallest absolute Gasteiger partial charge is 0.326 e. The van der Waals surface area contributed by atoms with Crippen LogP contribution in [0.3, 0.4) is 0 Å². The number of nitrogens with one attached hydrogen (secondary N) is 2. The molecule has 1 fully saturated rings. The molecule has 0 aromatic rings. The molecule has 0 heterocycles. The summed E-state index contributed by atoms with van der Waals surface area (Å²) in [6.45, 7) is 4.81. The summed E-state index contributed by atoms with van der Waals surface area (Å²) in [5, 5.41) is 14.3. The van der Waals surface area contributed by atoms with Crippen molar-refractivity contribution in [3.8, 4) is 0 Å². The molecule has 1 rings (SSSR count). The highest BCUT2D eigenvalue weighted by atomic mass is 16.4. The third kappa shape index (κ3) is 5.94. The fraction of sp³-hybridized carbons (Fsp3) is 0.857. The number of urea groups is 1. The molecule has 1 aliphatic rings. The summed E-state index contributed by atoms with van der Waals surface area (Å²) in [6, 6.07) is -1.14. The first kappa shape index (κ1) is 15.8. The molecule has 0 aromatic carbocycles. The average molecular weight is 270 g/mol. The molecule has 0 spiro atoms. The van der Waals surface area contributed by atoms with Crippen LogP contribution in [0.2, 0.25) is 0 Å². The van der Waals surface area contributed by atoms with Crippen LogP contribution in [0.1, 0.15) is 52.4 Å². The van der Waals surface area contributed by atoms with Crippen molar-refractivity contribution in [2.24, 2.45) is 11.8 Å². The predicted octanol–water partition coefficient (Wildman–Crippen LogP) is 2.37. The Morgan fingerprint density at radius 2 is 1.89 bits per heavy atom. The van der Waals surface area contributed by atoms with Gasteiger partial charge in [0.25, 0.3) is 0 Å². The van der Waals surface area contributed by atoms with Gasteiger partial charge in [0.05, 0.1) is 0 Å². The molecule has 1 aliphatic carbocycles. The second kappa shape index (κ2) is 8.02. The van der Waals surface area contributed by atoms with Gasteiger partial charge < -0.3 is 15.7 Å². The standard InChI is InChI=1S/C14H26N2O3/c1-3-4-12(13(17)18)16-14(19)15-9-11-7-5-10(2)6-8-11/h10-12H,3-9H2,1-2H3,(H,17,18)(H2,15,16,19). The number of rotatable bonds is 6. The van der Waals surface area contributed by atoms with E-state index in [1.165, 1.54) is 12.8 Å². The molecule has 2 amide bonds. The third-order valence-electron chi connectivity index (χ3n) is 3.87. The van der Waals surface area contributed by atoms with Crippen molar-refractivity contribution < 1.29 is 14.7 Å². The Morgan fingerprint density at radius 3 is 2.42 bits per heavy atom. The Labute approximate surface area is 115 Å². The molecule has 5 heteroatoms. The Hall–Kier alpha value is -1.26. The molecular formula is C14H26N2O3. The van der Waals surface area contributed by atoms with Gasteiger partial charge >= 0.3 is 12.0 Å². The van der Waals surface area contributed by atoms with Crippen molar-refractivity contribution in [2.75, 3.05) is 6.54 Å². The SMILES string of the molecule is CCCC(NC(=O)NCC1CCC(C)CC1)C(=O)O. The summed E-state index contributed by atoms with van der Waals surface area (Å²) >= 11 is 0. The Balaban J connectivity index is 2.24. The highest BCUT2D eigenvalue weighted by molar-refractivity contribution is 5.82. The lowest BCUT2D eigenvalue weighted by molar-refractivity contribution is -0.139. The van der Waals surface area contributed by atoms with Gasteiger partial charge in [0.1, 0.15) is 6.04 Å². The molecule has 110 valence electrons. The Morgan fingerprint density at radius 1 is 1.26 bits per heavy atom. The molecule has 5 nitrogen and oxygen atoms in total. The van der Waals surface area contributed by atoms with E-state index in [-0.39, 0.29) is 6.03 Å². The maximum absolute atomic E-state index is 11.7. The van der Waals surface area contributed by atoms with Crippen LogP contribution < -0.4 is 10.6 Å². The first-order valence-electron chi connectivity index (χ1n) is 7.30. The van der Waals surface area contributed by atoms with Crippen LogP contribution in [0, 0.1) is 11.8 Å². The lowest BCUT2D eigenvalue weighted by Gasteiger charge is -2.26. The maximum atomic E-state index is 11.7. The van der Waals surface area contributed by atoms with E-state index in [0.29, 0.717) is 18.9 Å². The van der Waals surface area contributed by atoms with Gasteiger partial charge in [-0.15, -0.1) is 0 Å². The number of hydrogen-bond acceptors (Lipinski definition) is 2. The molecule has 3 N–H and O–H groups in total. The molecule has 1 unspecified atom stereocenters. The fourth-order valence-electron chi connectivity index (χ4n) is 2.53. The molecule has 0 bridgehead atoms. The van der Waals surface area contributed by atoms with Gasteiger partial charge in [0.15, 0.2) is 0 Å². The van der Waals surface area contributed by atoms with E-state index in [4.69, 9.17) is 5.11 Å². The van der Waals surface area contributed by atoms with Crippen LogP contribution >= 0.6 is 0 Å². The van der Waals surface area contributed by atoms with Gasteiger partial charge in [-0.3, -0.25) is 0 Å². The summed E-state index contributed by atoms with van der Waals surface area (Å²) in [5.41, 5.74) is 0. The highest BCUT2D eigenvalue weighted by Crippen LogP contribution is 2.27. The van der Waals surface area contributed by atoms with Crippen molar-refractivity contribution in [1.29, 1.82) is 0 Å². The number of amides is 2. The zero-order valence-corrected chi connectivity index (χ0v) is 11.9. The summed E-state index contributed by atoms with van der Waals surface area (Å²) in [6.07, 6.45) is 5.95. The van der Waals surface area contributed by atoms with Crippen LogP contribution in [0.5, 0.6) is 0 Å². The lowest BCUT2D eigenvalue weighted by atomic mass is 9.83. The van der Waals surface area contributed by atoms with E-state index in [0.717, 1.165) is 25.2 Å². The molecule has 1 saturated carbocycles. The zero-order valence-electron chi connectivity index (χ0n) is 11.9. The van der Waals surface area contributed by atoms with Crippen LogP contribution in [0.4, 0.5) is 4.79 Å². The van der Waals surface area contributed by atoms with Crippen LogP contribution in [0.15, 0.2) is 0 Å². The molecule has 1 atom stereocenters. The summed E-state index contributed by atoms with van der Waals surface area (Å²) in [5.74, 6) is 0.367. The minimum atomic E-state index is -0.969. The first-order valence-corrected chi connectivity index (χ1v) is 7.30. The second-order valence-electron chi connectivity index (χ2n) is 5.66. The van der Waals surface area contributed by atoms with Gasteiger partial charge in [0, 0.05) is 6.54 Å². The van der Waals surface area contributed by atoms with E-state index in [1.807, 2.05) is 6.92 Å². The topological polar surface area (TPSA) is 78.4 Å². The molecule has 0 aromatic heterocycles. The largest absolute Gasteiger partial charge is 0.480 e. The van der Waals surface area contributed by atoms with Crippen molar-refractivity contribution in [2.45, 2.75) is 58.4 Å². The summed E-state index contributed by atoms with van der Waals surface area (Å²) in [4.78, 5) is 22.6.